The van der Waals surface area contributed by atoms with E-state index in [4.69, 9.17) is 0 Å². The van der Waals surface area contributed by atoms with Crippen LogP contribution in [0.2, 0.25) is 0 Å². The first kappa shape index (κ1) is 20.5. The minimum absolute atomic E-state index is 0.102. The van der Waals surface area contributed by atoms with Crippen molar-refractivity contribution in [3.05, 3.63) is 89.6 Å². The highest BCUT2D eigenvalue weighted by atomic mass is 16.2. The standard InChI is InChI=1S/C24H28N4O/c1-4-27(17-20-11-7-5-8-12-20)24(29)22-15-16-23(26-25-22)28(19(2)3)18-21-13-9-6-10-14-21/h5-16,19H,4,17-18H2,1-3H3. The maximum absolute atomic E-state index is 12.9. The molecule has 1 heterocycles. The van der Waals surface area contributed by atoms with E-state index in [2.05, 4.69) is 41.1 Å². The zero-order chi connectivity index (χ0) is 20.6. The molecule has 0 unspecified atom stereocenters. The first-order valence-corrected chi connectivity index (χ1v) is 10.1. The van der Waals surface area contributed by atoms with Crippen molar-refractivity contribution < 1.29 is 4.79 Å². The Hall–Kier alpha value is -3.21. The lowest BCUT2D eigenvalue weighted by Gasteiger charge is -2.27. The number of hydrogen-bond acceptors (Lipinski definition) is 4. The van der Waals surface area contributed by atoms with Crippen molar-refractivity contribution in [2.45, 2.75) is 39.9 Å². The van der Waals surface area contributed by atoms with Crippen molar-refractivity contribution in [1.82, 2.24) is 15.1 Å². The van der Waals surface area contributed by atoms with E-state index < -0.39 is 0 Å². The number of benzene rings is 2. The molecule has 1 amide bonds. The first-order chi connectivity index (χ1) is 14.1. The highest BCUT2D eigenvalue weighted by Crippen LogP contribution is 2.18. The summed E-state index contributed by atoms with van der Waals surface area (Å²) in [4.78, 5) is 16.9. The predicted molar refractivity (Wildman–Crippen MR) is 117 cm³/mol. The lowest BCUT2D eigenvalue weighted by atomic mass is 10.2. The summed E-state index contributed by atoms with van der Waals surface area (Å²) in [7, 11) is 0. The molecular formula is C24H28N4O. The number of nitrogens with zero attached hydrogens (tertiary/aromatic N) is 4. The van der Waals surface area contributed by atoms with Gasteiger partial charge in [0.15, 0.2) is 11.5 Å². The van der Waals surface area contributed by atoms with Gasteiger partial charge in [0.25, 0.3) is 5.91 Å². The van der Waals surface area contributed by atoms with Crippen LogP contribution in [0.5, 0.6) is 0 Å². The molecule has 2 aromatic carbocycles. The van der Waals surface area contributed by atoms with Gasteiger partial charge in [0, 0.05) is 25.7 Å². The van der Waals surface area contributed by atoms with Crippen LogP contribution in [0.3, 0.4) is 0 Å². The Bertz CT molecular complexity index is 895. The molecule has 0 aliphatic carbocycles. The molecule has 0 bridgehead atoms. The maximum Gasteiger partial charge on any atom is 0.274 e. The Morgan fingerprint density at radius 3 is 1.90 bits per heavy atom. The van der Waals surface area contributed by atoms with E-state index in [9.17, 15) is 4.79 Å². The number of hydrogen-bond donors (Lipinski definition) is 0. The fourth-order valence-corrected chi connectivity index (χ4v) is 3.19. The van der Waals surface area contributed by atoms with Gasteiger partial charge in [0.2, 0.25) is 0 Å². The van der Waals surface area contributed by atoms with Gasteiger partial charge in [-0.1, -0.05) is 60.7 Å². The molecular weight excluding hydrogens is 360 g/mol. The second kappa shape index (κ2) is 9.82. The largest absolute Gasteiger partial charge is 0.348 e. The Kier molecular flexibility index (Phi) is 6.95. The molecule has 3 rings (SSSR count). The number of carbonyl (C=O) groups excluding carboxylic acids is 1. The van der Waals surface area contributed by atoms with E-state index in [-0.39, 0.29) is 11.9 Å². The van der Waals surface area contributed by atoms with Crippen LogP contribution in [-0.4, -0.2) is 33.6 Å². The first-order valence-electron chi connectivity index (χ1n) is 10.1. The molecule has 0 spiro atoms. The van der Waals surface area contributed by atoms with Gasteiger partial charge in [-0.25, -0.2) is 0 Å². The average molecular weight is 389 g/mol. The molecule has 150 valence electrons. The molecule has 1 aromatic heterocycles. The Morgan fingerprint density at radius 2 is 1.41 bits per heavy atom. The molecule has 0 saturated heterocycles. The van der Waals surface area contributed by atoms with Gasteiger partial charge in [-0.2, -0.15) is 0 Å². The molecule has 5 heteroatoms. The van der Waals surface area contributed by atoms with Gasteiger partial charge in [-0.15, -0.1) is 10.2 Å². The highest BCUT2D eigenvalue weighted by molar-refractivity contribution is 5.92. The quantitative estimate of drug-likeness (QED) is 0.568. The lowest BCUT2D eigenvalue weighted by molar-refractivity contribution is 0.0745. The number of rotatable bonds is 8. The molecule has 0 radical (unpaired) electrons. The van der Waals surface area contributed by atoms with Gasteiger partial charge in [0.1, 0.15) is 0 Å². The SMILES string of the molecule is CCN(Cc1ccccc1)C(=O)c1ccc(N(Cc2ccccc2)C(C)C)nn1. The van der Waals surface area contributed by atoms with Crippen molar-refractivity contribution in [1.29, 1.82) is 0 Å². The maximum atomic E-state index is 12.9. The molecule has 0 saturated carbocycles. The minimum atomic E-state index is -0.102. The van der Waals surface area contributed by atoms with Gasteiger partial charge >= 0.3 is 0 Å². The van der Waals surface area contributed by atoms with Crippen molar-refractivity contribution >= 4 is 11.7 Å². The smallest absolute Gasteiger partial charge is 0.274 e. The molecule has 0 N–H and O–H groups in total. The molecule has 0 fully saturated rings. The molecule has 29 heavy (non-hydrogen) atoms. The fraction of sp³-hybridized carbons (Fsp3) is 0.292. The topological polar surface area (TPSA) is 49.3 Å². The van der Waals surface area contributed by atoms with Crippen LogP contribution in [-0.2, 0) is 13.1 Å². The van der Waals surface area contributed by atoms with E-state index >= 15 is 0 Å². The van der Waals surface area contributed by atoms with Crippen LogP contribution in [0.1, 0.15) is 42.4 Å². The second-order valence-corrected chi connectivity index (χ2v) is 7.29. The Balaban J connectivity index is 1.74. The van der Waals surface area contributed by atoms with E-state index in [0.29, 0.717) is 18.8 Å². The van der Waals surface area contributed by atoms with E-state index in [1.54, 1.807) is 11.0 Å². The van der Waals surface area contributed by atoms with E-state index in [0.717, 1.165) is 17.9 Å². The zero-order valence-corrected chi connectivity index (χ0v) is 17.3. The van der Waals surface area contributed by atoms with E-state index in [1.165, 1.54) is 5.56 Å². The monoisotopic (exact) mass is 388 g/mol. The second-order valence-electron chi connectivity index (χ2n) is 7.29. The van der Waals surface area contributed by atoms with Crippen LogP contribution in [0.25, 0.3) is 0 Å². The predicted octanol–water partition coefficient (Wildman–Crippen LogP) is 4.55. The van der Waals surface area contributed by atoms with Crippen molar-refractivity contribution in [2.75, 3.05) is 11.4 Å². The number of aromatic nitrogens is 2. The van der Waals surface area contributed by atoms with E-state index in [1.807, 2.05) is 61.5 Å². The van der Waals surface area contributed by atoms with Gasteiger partial charge < -0.3 is 9.80 Å². The Morgan fingerprint density at radius 1 is 0.828 bits per heavy atom. The summed E-state index contributed by atoms with van der Waals surface area (Å²) in [5, 5.41) is 8.62. The van der Waals surface area contributed by atoms with Crippen molar-refractivity contribution in [2.24, 2.45) is 0 Å². The Labute approximate surface area is 173 Å². The summed E-state index contributed by atoms with van der Waals surface area (Å²) in [5.74, 6) is 0.668. The zero-order valence-electron chi connectivity index (χ0n) is 17.3. The third kappa shape index (κ3) is 5.41. The van der Waals surface area contributed by atoms with Gasteiger partial charge in [0.05, 0.1) is 0 Å². The molecule has 0 aliphatic rings. The summed E-state index contributed by atoms with van der Waals surface area (Å²) in [6, 6.07) is 24.2. The van der Waals surface area contributed by atoms with Crippen LogP contribution in [0.4, 0.5) is 5.82 Å². The normalized spacial score (nSPS) is 10.8. The fourth-order valence-electron chi connectivity index (χ4n) is 3.19. The summed E-state index contributed by atoms with van der Waals surface area (Å²) in [6.45, 7) is 8.15. The number of anilines is 1. The minimum Gasteiger partial charge on any atom is -0.348 e. The molecule has 0 atom stereocenters. The molecule has 3 aromatic rings. The van der Waals surface area contributed by atoms with Crippen molar-refractivity contribution in [3.8, 4) is 0 Å². The number of carbonyl (C=O) groups is 1. The third-order valence-electron chi connectivity index (χ3n) is 4.87. The summed E-state index contributed by atoms with van der Waals surface area (Å²) in [5.41, 5.74) is 2.68. The molecule has 5 nitrogen and oxygen atoms in total. The van der Waals surface area contributed by atoms with Crippen LogP contribution in [0, 0.1) is 0 Å². The van der Waals surface area contributed by atoms with Crippen LogP contribution >= 0.6 is 0 Å². The third-order valence-corrected chi connectivity index (χ3v) is 4.87. The van der Waals surface area contributed by atoms with Crippen molar-refractivity contribution in [3.63, 3.8) is 0 Å². The average Bonchev–Trinajstić information content (AvgIpc) is 2.77. The van der Waals surface area contributed by atoms with Gasteiger partial charge in [-0.3, -0.25) is 4.79 Å². The van der Waals surface area contributed by atoms with Crippen LogP contribution < -0.4 is 4.90 Å². The number of amides is 1. The highest BCUT2D eigenvalue weighted by Gasteiger charge is 2.18. The van der Waals surface area contributed by atoms with Crippen LogP contribution in [0.15, 0.2) is 72.8 Å². The van der Waals surface area contributed by atoms with Gasteiger partial charge in [-0.05, 0) is 44.0 Å². The summed E-state index contributed by atoms with van der Waals surface area (Å²) in [6.07, 6.45) is 0. The summed E-state index contributed by atoms with van der Waals surface area (Å²) < 4.78 is 0. The summed E-state index contributed by atoms with van der Waals surface area (Å²) >= 11 is 0. The molecule has 0 aliphatic heterocycles. The lowest BCUT2D eigenvalue weighted by Crippen LogP contribution is -2.33.